The van der Waals surface area contributed by atoms with Gasteiger partial charge in [0, 0.05) is 30.0 Å². The molecule has 0 bridgehead atoms. The number of hydrogen-bond acceptors (Lipinski definition) is 10. The number of fused-ring (bicyclic) bond motifs is 4. The average Bonchev–Trinajstić information content (AvgIpc) is 4.18. The van der Waals surface area contributed by atoms with Crippen molar-refractivity contribution in [3.05, 3.63) is 72.4 Å². The highest BCUT2D eigenvalue weighted by Crippen LogP contribution is 2.49. The molecule has 16 heteroatoms. The van der Waals surface area contributed by atoms with Gasteiger partial charge in [-0.3, -0.25) is 9.59 Å². The SMILES string of the molecule is COC(=O)N[C@H](C(=O)N1[C@H](c2nc3c(ccc4cc(-c5ccc(-c6cnc([C@@H]7C[C@@]8(CCCOC8)CN7C(=O)[C@@H](NC(=O)OC)C7C[C@@H](C)O[C@H](C)C7)[nH]6)cc5)ccc43)[nH]2)C[C@@H]2CCCC[C@@H]21)C(C)C. The van der Waals surface area contributed by atoms with Gasteiger partial charge in [-0.25, -0.2) is 19.6 Å². The number of carbonyl (C=O) groups excluding carboxylic acids is 4. The summed E-state index contributed by atoms with van der Waals surface area (Å²) in [4.78, 5) is 75.6. The summed E-state index contributed by atoms with van der Waals surface area (Å²) in [6.07, 6.45) is 9.49. The zero-order chi connectivity index (χ0) is 48.8. The summed E-state index contributed by atoms with van der Waals surface area (Å²) in [5.74, 6) is 1.42. The molecule has 1 spiro atoms. The number of hydrogen-bond donors (Lipinski definition) is 4. The van der Waals surface area contributed by atoms with Crippen molar-refractivity contribution >= 4 is 45.8 Å². The molecule has 0 radical (unpaired) electrons. The molecule has 4 N–H and O–H groups in total. The van der Waals surface area contributed by atoms with Crippen LogP contribution in [-0.2, 0) is 28.5 Å². The van der Waals surface area contributed by atoms with Gasteiger partial charge in [0.2, 0.25) is 11.8 Å². The van der Waals surface area contributed by atoms with E-state index in [4.69, 9.17) is 28.9 Å². The molecule has 1 aliphatic carbocycles. The Kier molecular flexibility index (Phi) is 13.4. The summed E-state index contributed by atoms with van der Waals surface area (Å²) in [5.41, 5.74) is 5.53. The Bertz CT molecular complexity index is 2720. The van der Waals surface area contributed by atoms with Gasteiger partial charge in [0.05, 0.1) is 68.0 Å². The summed E-state index contributed by atoms with van der Waals surface area (Å²) >= 11 is 0. The molecule has 9 atom stereocenters. The molecule has 6 heterocycles. The molecular formula is C54H68N8O8. The smallest absolute Gasteiger partial charge is 0.407 e. The highest BCUT2D eigenvalue weighted by Gasteiger charge is 2.52. The van der Waals surface area contributed by atoms with Crippen LogP contribution in [-0.4, -0.2) is 118 Å². The summed E-state index contributed by atoms with van der Waals surface area (Å²) in [7, 11) is 2.64. The van der Waals surface area contributed by atoms with Gasteiger partial charge in [-0.15, -0.1) is 0 Å². The number of aromatic amines is 2. The molecule has 372 valence electrons. The quantitative estimate of drug-likeness (QED) is 0.105. The molecule has 4 aliphatic heterocycles. The van der Waals surface area contributed by atoms with E-state index in [-0.39, 0.29) is 59.4 Å². The number of imidazole rings is 2. The van der Waals surface area contributed by atoms with Gasteiger partial charge in [0.15, 0.2) is 0 Å². The van der Waals surface area contributed by atoms with Crippen molar-refractivity contribution in [3.8, 4) is 22.4 Å². The molecule has 10 rings (SSSR count). The van der Waals surface area contributed by atoms with Crippen LogP contribution in [0.1, 0.15) is 116 Å². The van der Waals surface area contributed by atoms with Crippen molar-refractivity contribution < 1.29 is 38.1 Å². The minimum absolute atomic E-state index is 0.0410. The molecule has 4 amide bonds. The average molecular weight is 957 g/mol. The van der Waals surface area contributed by atoms with Crippen molar-refractivity contribution in [1.82, 2.24) is 40.4 Å². The maximum atomic E-state index is 14.8. The minimum Gasteiger partial charge on any atom is -0.453 e. The number of H-pyrrole nitrogens is 2. The number of aromatic nitrogens is 4. The molecule has 2 aromatic heterocycles. The Labute approximate surface area is 409 Å². The van der Waals surface area contributed by atoms with Gasteiger partial charge in [0.1, 0.15) is 23.7 Å². The van der Waals surface area contributed by atoms with Gasteiger partial charge >= 0.3 is 12.2 Å². The predicted molar refractivity (Wildman–Crippen MR) is 264 cm³/mol. The van der Waals surface area contributed by atoms with Crippen molar-refractivity contribution in [1.29, 1.82) is 0 Å². The van der Waals surface area contributed by atoms with Gasteiger partial charge in [-0.1, -0.05) is 69.2 Å². The van der Waals surface area contributed by atoms with Crippen LogP contribution >= 0.6 is 0 Å². The molecule has 4 saturated heterocycles. The lowest BCUT2D eigenvalue weighted by molar-refractivity contribution is -0.139. The molecule has 0 unspecified atom stereocenters. The van der Waals surface area contributed by atoms with E-state index in [1.165, 1.54) is 14.2 Å². The van der Waals surface area contributed by atoms with E-state index >= 15 is 0 Å². The first kappa shape index (κ1) is 47.7. The van der Waals surface area contributed by atoms with E-state index in [1.54, 1.807) is 0 Å². The normalized spacial score (nSPS) is 27.7. The van der Waals surface area contributed by atoms with Crippen LogP contribution in [0.2, 0.25) is 0 Å². The van der Waals surface area contributed by atoms with Crippen LogP contribution in [0.5, 0.6) is 0 Å². The Balaban J connectivity index is 0.889. The number of alkyl carbamates (subject to hydrolysis) is 2. The molecular weight excluding hydrogens is 889 g/mol. The van der Waals surface area contributed by atoms with Gasteiger partial charge in [-0.2, -0.15) is 0 Å². The number of amides is 4. The Hall–Kier alpha value is -6.00. The van der Waals surface area contributed by atoms with Crippen LogP contribution in [0.3, 0.4) is 0 Å². The number of methoxy groups -OCH3 is 2. The number of rotatable bonds is 10. The summed E-state index contributed by atoms with van der Waals surface area (Å²) in [5, 5.41) is 7.82. The lowest BCUT2D eigenvalue weighted by Gasteiger charge is -2.38. The molecule has 3 aromatic carbocycles. The second-order valence-corrected chi connectivity index (χ2v) is 21.2. The second-order valence-electron chi connectivity index (χ2n) is 21.2. The summed E-state index contributed by atoms with van der Waals surface area (Å²) in [6.45, 7) is 9.73. The highest BCUT2D eigenvalue weighted by atomic mass is 16.5. The minimum atomic E-state index is -0.769. The predicted octanol–water partition coefficient (Wildman–Crippen LogP) is 8.98. The summed E-state index contributed by atoms with van der Waals surface area (Å²) in [6, 6.07) is 17.1. The Morgan fingerprint density at radius 1 is 0.814 bits per heavy atom. The third kappa shape index (κ3) is 9.24. The number of likely N-dealkylation sites (tertiary alicyclic amines) is 2. The Morgan fingerprint density at radius 3 is 2.27 bits per heavy atom. The lowest BCUT2D eigenvalue weighted by atomic mass is 9.80. The number of carbonyl (C=O) groups is 4. The van der Waals surface area contributed by atoms with Crippen LogP contribution in [0.15, 0.2) is 60.8 Å². The lowest BCUT2D eigenvalue weighted by Crippen LogP contribution is -2.54. The fourth-order valence-corrected chi connectivity index (χ4v) is 12.7. The first-order valence-electron chi connectivity index (χ1n) is 25.4. The topological polar surface area (TPSA) is 193 Å². The summed E-state index contributed by atoms with van der Waals surface area (Å²) < 4.78 is 22.0. The van der Waals surface area contributed by atoms with Crippen molar-refractivity contribution in [3.63, 3.8) is 0 Å². The van der Waals surface area contributed by atoms with Crippen molar-refractivity contribution in [2.45, 2.75) is 134 Å². The van der Waals surface area contributed by atoms with E-state index in [2.05, 4.69) is 75.2 Å². The van der Waals surface area contributed by atoms with E-state index in [0.29, 0.717) is 50.8 Å². The van der Waals surface area contributed by atoms with E-state index in [9.17, 15) is 19.2 Å². The maximum Gasteiger partial charge on any atom is 0.407 e. The second kappa shape index (κ2) is 19.7. The van der Waals surface area contributed by atoms with E-state index in [0.717, 1.165) is 95.0 Å². The molecule has 5 aromatic rings. The fourth-order valence-electron chi connectivity index (χ4n) is 12.7. The molecule has 1 saturated carbocycles. The number of nitrogens with zero attached hydrogens (tertiary/aromatic N) is 4. The van der Waals surface area contributed by atoms with Gasteiger partial charge in [-0.05, 0) is 117 Å². The zero-order valence-electron chi connectivity index (χ0n) is 41.3. The largest absolute Gasteiger partial charge is 0.453 e. The first-order chi connectivity index (χ1) is 33.8. The Morgan fingerprint density at radius 2 is 1.54 bits per heavy atom. The third-order valence-electron chi connectivity index (χ3n) is 16.1. The molecule has 16 nitrogen and oxygen atoms in total. The van der Waals surface area contributed by atoms with Crippen LogP contribution in [0.25, 0.3) is 44.2 Å². The molecule has 5 fully saturated rings. The third-order valence-corrected chi connectivity index (χ3v) is 16.1. The molecule has 70 heavy (non-hydrogen) atoms. The monoisotopic (exact) mass is 957 g/mol. The van der Waals surface area contributed by atoms with Crippen LogP contribution < -0.4 is 10.6 Å². The fraction of sp³-hybridized carbons (Fsp3) is 0.556. The van der Waals surface area contributed by atoms with Crippen molar-refractivity contribution in [2.75, 3.05) is 34.0 Å². The number of benzene rings is 3. The van der Waals surface area contributed by atoms with E-state index in [1.807, 2.05) is 43.7 Å². The zero-order valence-corrected chi connectivity index (χ0v) is 41.3. The molecule has 5 aliphatic rings. The van der Waals surface area contributed by atoms with Crippen LogP contribution in [0, 0.1) is 23.2 Å². The van der Waals surface area contributed by atoms with E-state index < -0.39 is 24.3 Å². The number of nitrogens with one attached hydrogen (secondary N) is 4. The van der Waals surface area contributed by atoms with Crippen molar-refractivity contribution in [2.24, 2.45) is 23.2 Å². The highest BCUT2D eigenvalue weighted by molar-refractivity contribution is 6.05. The van der Waals surface area contributed by atoms with Gasteiger partial charge in [0.25, 0.3) is 0 Å². The number of ether oxygens (including phenoxy) is 4. The van der Waals surface area contributed by atoms with Crippen LogP contribution in [0.4, 0.5) is 9.59 Å². The standard InChI is InChI=1S/C54H68N8O8/c1-30(2)45(59-52(65)67-5)51(64)62-42-11-8-7-10-37(42)25-43(62)49-56-40-19-17-36-24-35(16-18-39(36)47(40)58-49)33-12-14-34(15-13-33)41-27-55-48(57-41)44-26-54(20-9-21-69-29-54)28-61(44)50(63)46(60-53(66)68-6)38-22-31(3)70-32(4)23-38/h12-19,24,27,30-32,37-38,42-46H,7-11,20-23,25-26,28-29H2,1-6H3,(H,55,57)(H,56,58)(H,59,65)(H,60,66)/t31-,32-,37+,42+,43+,44+,45+,46+,54+/m1/s1. The maximum absolute atomic E-state index is 14.8. The first-order valence-corrected chi connectivity index (χ1v) is 25.4. The van der Waals surface area contributed by atoms with Gasteiger partial charge < -0.3 is 49.3 Å².